The van der Waals surface area contributed by atoms with Crippen LogP contribution < -0.4 is 10.2 Å². The molecule has 0 spiro atoms. The van der Waals surface area contributed by atoms with Gasteiger partial charge in [0.1, 0.15) is 5.82 Å². The summed E-state index contributed by atoms with van der Waals surface area (Å²) in [5.41, 5.74) is 2.35. The maximum atomic E-state index is 4.71. The van der Waals surface area contributed by atoms with Gasteiger partial charge in [-0.3, -0.25) is 4.68 Å². The molecule has 1 aliphatic rings. The summed E-state index contributed by atoms with van der Waals surface area (Å²) in [6.07, 6.45) is 3.82. The SMILES string of the molecule is Cc1ccc2c(n1)N(CCn1cccn1)CCNC2. The Kier molecular flexibility index (Phi) is 3.46. The lowest BCUT2D eigenvalue weighted by atomic mass is 10.2. The molecule has 0 fully saturated rings. The molecule has 3 rings (SSSR count). The van der Waals surface area contributed by atoms with E-state index in [4.69, 9.17) is 4.98 Å². The van der Waals surface area contributed by atoms with E-state index in [-0.39, 0.29) is 0 Å². The van der Waals surface area contributed by atoms with Crippen LogP contribution in [0.1, 0.15) is 11.3 Å². The van der Waals surface area contributed by atoms with E-state index >= 15 is 0 Å². The van der Waals surface area contributed by atoms with Crippen molar-refractivity contribution < 1.29 is 0 Å². The highest BCUT2D eigenvalue weighted by Gasteiger charge is 2.16. The summed E-state index contributed by atoms with van der Waals surface area (Å²) in [7, 11) is 0. The molecule has 0 amide bonds. The number of nitrogens with zero attached hydrogens (tertiary/aromatic N) is 4. The van der Waals surface area contributed by atoms with Crippen molar-refractivity contribution in [2.24, 2.45) is 0 Å². The van der Waals surface area contributed by atoms with E-state index < -0.39 is 0 Å². The van der Waals surface area contributed by atoms with Crippen LogP contribution in [0.3, 0.4) is 0 Å². The molecular formula is C14H19N5. The van der Waals surface area contributed by atoms with Crippen molar-refractivity contribution in [3.63, 3.8) is 0 Å². The summed E-state index contributed by atoms with van der Waals surface area (Å²) in [5, 5.41) is 7.69. The zero-order valence-corrected chi connectivity index (χ0v) is 11.2. The molecule has 19 heavy (non-hydrogen) atoms. The molecular weight excluding hydrogens is 238 g/mol. The molecule has 5 heteroatoms. The largest absolute Gasteiger partial charge is 0.353 e. The van der Waals surface area contributed by atoms with Crippen LogP contribution in [0, 0.1) is 6.92 Å². The van der Waals surface area contributed by atoms with Gasteiger partial charge in [-0.15, -0.1) is 0 Å². The minimum Gasteiger partial charge on any atom is -0.353 e. The summed E-state index contributed by atoms with van der Waals surface area (Å²) in [5.74, 6) is 1.12. The zero-order chi connectivity index (χ0) is 13.1. The summed E-state index contributed by atoms with van der Waals surface area (Å²) >= 11 is 0. The maximum absolute atomic E-state index is 4.71. The van der Waals surface area contributed by atoms with Gasteiger partial charge >= 0.3 is 0 Å². The van der Waals surface area contributed by atoms with E-state index in [0.29, 0.717) is 0 Å². The van der Waals surface area contributed by atoms with Crippen LogP contribution >= 0.6 is 0 Å². The van der Waals surface area contributed by atoms with E-state index in [2.05, 4.69) is 27.4 Å². The number of rotatable bonds is 3. The van der Waals surface area contributed by atoms with E-state index in [1.807, 2.05) is 30.1 Å². The molecule has 0 radical (unpaired) electrons. The molecule has 0 aromatic carbocycles. The van der Waals surface area contributed by atoms with Crippen LogP contribution in [-0.2, 0) is 13.1 Å². The Morgan fingerprint density at radius 2 is 2.26 bits per heavy atom. The summed E-state index contributed by atoms with van der Waals surface area (Å²) in [4.78, 5) is 7.06. The molecule has 0 unspecified atom stereocenters. The van der Waals surface area contributed by atoms with Gasteiger partial charge in [-0.05, 0) is 19.1 Å². The van der Waals surface area contributed by atoms with Gasteiger partial charge in [0.05, 0.1) is 6.54 Å². The van der Waals surface area contributed by atoms with Crippen molar-refractivity contribution in [2.45, 2.75) is 20.0 Å². The van der Waals surface area contributed by atoms with Gasteiger partial charge in [-0.1, -0.05) is 6.07 Å². The smallest absolute Gasteiger partial charge is 0.133 e. The number of anilines is 1. The molecule has 3 heterocycles. The molecule has 0 saturated carbocycles. The second-order valence-corrected chi connectivity index (χ2v) is 4.87. The van der Waals surface area contributed by atoms with Crippen LogP contribution in [0.2, 0.25) is 0 Å². The fraction of sp³-hybridized carbons (Fsp3) is 0.429. The first-order valence-electron chi connectivity index (χ1n) is 6.72. The highest BCUT2D eigenvalue weighted by Crippen LogP contribution is 2.20. The number of hydrogen-bond acceptors (Lipinski definition) is 4. The predicted molar refractivity (Wildman–Crippen MR) is 75.1 cm³/mol. The molecule has 0 aliphatic carbocycles. The highest BCUT2D eigenvalue weighted by atomic mass is 15.3. The van der Waals surface area contributed by atoms with E-state index in [1.54, 1.807) is 0 Å². The second-order valence-electron chi connectivity index (χ2n) is 4.87. The van der Waals surface area contributed by atoms with Gasteiger partial charge in [-0.2, -0.15) is 5.10 Å². The monoisotopic (exact) mass is 257 g/mol. The van der Waals surface area contributed by atoms with Gasteiger partial charge in [-0.25, -0.2) is 4.98 Å². The van der Waals surface area contributed by atoms with Crippen LogP contribution in [0.5, 0.6) is 0 Å². The van der Waals surface area contributed by atoms with Crippen molar-refractivity contribution in [3.8, 4) is 0 Å². The quantitative estimate of drug-likeness (QED) is 0.897. The Morgan fingerprint density at radius 3 is 3.11 bits per heavy atom. The minimum absolute atomic E-state index is 0.891. The Bertz CT molecular complexity index is 535. The first kappa shape index (κ1) is 12.2. The zero-order valence-electron chi connectivity index (χ0n) is 11.2. The molecule has 2 aromatic heterocycles. The molecule has 1 N–H and O–H groups in total. The minimum atomic E-state index is 0.891. The van der Waals surface area contributed by atoms with Crippen molar-refractivity contribution in [1.82, 2.24) is 20.1 Å². The number of aryl methyl sites for hydroxylation is 1. The fourth-order valence-corrected chi connectivity index (χ4v) is 2.40. The van der Waals surface area contributed by atoms with Crippen molar-refractivity contribution in [1.29, 1.82) is 0 Å². The van der Waals surface area contributed by atoms with Crippen LogP contribution in [0.4, 0.5) is 5.82 Å². The van der Waals surface area contributed by atoms with E-state index in [9.17, 15) is 0 Å². The molecule has 0 saturated heterocycles. The molecule has 0 bridgehead atoms. The lowest BCUT2D eigenvalue weighted by Gasteiger charge is -2.23. The standard InChI is InChI=1S/C14H19N5/c1-12-3-4-13-11-15-6-8-18(14(13)17-12)9-10-19-7-2-5-16-19/h2-5,7,15H,6,8-11H2,1H3. The average molecular weight is 257 g/mol. The Morgan fingerprint density at radius 1 is 1.32 bits per heavy atom. The Balaban J connectivity index is 1.79. The van der Waals surface area contributed by atoms with E-state index in [1.165, 1.54) is 5.56 Å². The summed E-state index contributed by atoms with van der Waals surface area (Å²) in [6.45, 7) is 6.76. The molecule has 1 aliphatic heterocycles. The normalized spacial score (nSPS) is 15.1. The van der Waals surface area contributed by atoms with Gasteiger partial charge in [0, 0.05) is 49.8 Å². The topological polar surface area (TPSA) is 46.0 Å². The maximum Gasteiger partial charge on any atom is 0.133 e. The third-order valence-corrected chi connectivity index (χ3v) is 3.43. The fourth-order valence-electron chi connectivity index (χ4n) is 2.40. The van der Waals surface area contributed by atoms with Gasteiger partial charge in [0.25, 0.3) is 0 Å². The number of aromatic nitrogens is 3. The van der Waals surface area contributed by atoms with Gasteiger partial charge < -0.3 is 10.2 Å². The van der Waals surface area contributed by atoms with Crippen molar-refractivity contribution >= 4 is 5.82 Å². The van der Waals surface area contributed by atoms with Crippen LogP contribution in [0.15, 0.2) is 30.6 Å². The Labute approximate surface area is 113 Å². The summed E-state index contributed by atoms with van der Waals surface area (Å²) in [6, 6.07) is 6.22. The number of fused-ring (bicyclic) bond motifs is 1. The van der Waals surface area contributed by atoms with Crippen molar-refractivity contribution in [2.75, 3.05) is 24.5 Å². The first-order valence-corrected chi connectivity index (χ1v) is 6.72. The number of pyridine rings is 1. The molecule has 5 nitrogen and oxygen atoms in total. The summed E-state index contributed by atoms with van der Waals surface area (Å²) < 4.78 is 1.97. The van der Waals surface area contributed by atoms with Crippen LogP contribution in [-0.4, -0.2) is 34.4 Å². The molecule has 100 valence electrons. The number of nitrogens with one attached hydrogen (secondary N) is 1. The van der Waals surface area contributed by atoms with Gasteiger partial charge in [0.15, 0.2) is 0 Å². The Hall–Kier alpha value is -1.88. The lowest BCUT2D eigenvalue weighted by molar-refractivity contribution is 0.588. The predicted octanol–water partition coefficient (Wildman–Crippen LogP) is 1.20. The third-order valence-electron chi connectivity index (χ3n) is 3.43. The first-order chi connectivity index (χ1) is 9.33. The third kappa shape index (κ3) is 2.76. The van der Waals surface area contributed by atoms with E-state index in [0.717, 1.165) is 44.2 Å². The molecule has 0 atom stereocenters. The average Bonchev–Trinajstić information content (AvgIpc) is 2.85. The van der Waals surface area contributed by atoms with Crippen LogP contribution in [0.25, 0.3) is 0 Å². The van der Waals surface area contributed by atoms with Gasteiger partial charge in [0.2, 0.25) is 0 Å². The highest BCUT2D eigenvalue weighted by molar-refractivity contribution is 5.48. The lowest BCUT2D eigenvalue weighted by Crippen LogP contribution is -2.32. The molecule has 2 aromatic rings. The number of hydrogen-bond donors (Lipinski definition) is 1. The second kappa shape index (κ2) is 5.40. The van der Waals surface area contributed by atoms with Crippen molar-refractivity contribution in [3.05, 3.63) is 41.9 Å².